The van der Waals surface area contributed by atoms with Gasteiger partial charge in [-0.05, 0) is 24.4 Å². The van der Waals surface area contributed by atoms with Crippen molar-refractivity contribution < 1.29 is 9.47 Å². The van der Waals surface area contributed by atoms with Gasteiger partial charge in [0.25, 0.3) is 0 Å². The fourth-order valence-electron chi connectivity index (χ4n) is 1.18. The van der Waals surface area contributed by atoms with Crippen LogP contribution < -0.4 is 5.73 Å². The first-order chi connectivity index (χ1) is 7.11. The van der Waals surface area contributed by atoms with Gasteiger partial charge in [-0.1, -0.05) is 27.7 Å². The maximum Gasteiger partial charge on any atom is 0.136 e. The molecule has 0 bridgehead atoms. The van der Waals surface area contributed by atoms with Crippen LogP contribution in [0.2, 0.25) is 0 Å². The fraction of sp³-hybridized carbons (Fsp3) is 1.00. The number of nitrogens with two attached hydrogens (primary N) is 1. The third-order valence-electron chi connectivity index (χ3n) is 2.34. The molecule has 0 aromatic rings. The lowest BCUT2D eigenvalue weighted by Crippen LogP contribution is -2.42. The molecular formula is C11H27NO2Si. The van der Waals surface area contributed by atoms with Gasteiger partial charge in [-0.3, -0.25) is 0 Å². The fourth-order valence-corrected chi connectivity index (χ4v) is 2.77. The smallest absolute Gasteiger partial charge is 0.136 e. The van der Waals surface area contributed by atoms with Gasteiger partial charge in [-0.25, -0.2) is 0 Å². The van der Waals surface area contributed by atoms with Gasteiger partial charge in [0.15, 0.2) is 0 Å². The summed E-state index contributed by atoms with van der Waals surface area (Å²) in [6.07, 6.45) is 2.08. The van der Waals surface area contributed by atoms with E-state index < -0.39 is 9.52 Å². The molecule has 4 heteroatoms. The van der Waals surface area contributed by atoms with Gasteiger partial charge in [0.05, 0.1) is 0 Å². The van der Waals surface area contributed by atoms with Crippen LogP contribution in [0.4, 0.5) is 0 Å². The Kier molecular flexibility index (Phi) is 9.39. The Morgan fingerprint density at radius 1 is 1.07 bits per heavy atom. The van der Waals surface area contributed by atoms with Crippen molar-refractivity contribution in [2.24, 2.45) is 11.7 Å². The maximum absolute atomic E-state index is 6.06. The molecule has 0 saturated heterocycles. The minimum atomic E-state index is -0.505. The molecule has 0 fully saturated rings. The zero-order chi connectivity index (χ0) is 11.7. The van der Waals surface area contributed by atoms with Crippen LogP contribution in [0.25, 0.3) is 0 Å². The topological polar surface area (TPSA) is 44.5 Å². The van der Waals surface area contributed by atoms with Gasteiger partial charge in [0, 0.05) is 13.2 Å². The average molecular weight is 233 g/mol. The maximum atomic E-state index is 6.06. The summed E-state index contributed by atoms with van der Waals surface area (Å²) in [6, 6.07) is 0. The molecule has 0 aromatic heterocycles. The number of hydrogen-bond donors (Lipinski definition) is 1. The second kappa shape index (κ2) is 9.33. The molecule has 1 atom stereocenters. The van der Waals surface area contributed by atoms with E-state index in [4.69, 9.17) is 15.2 Å². The highest BCUT2D eigenvalue weighted by atomic mass is 28.2. The van der Waals surface area contributed by atoms with Gasteiger partial charge in [-0.2, -0.15) is 0 Å². The Hall–Kier alpha value is 0.0969. The Bertz CT molecular complexity index is 137. The highest BCUT2D eigenvalue weighted by molar-refractivity contribution is 6.38. The first-order valence-electron chi connectivity index (χ1n) is 6.10. The molecule has 3 nitrogen and oxygen atoms in total. The first kappa shape index (κ1) is 15.1. The highest BCUT2D eigenvalue weighted by Gasteiger charge is 2.17. The lowest BCUT2D eigenvalue weighted by molar-refractivity contribution is -0.0912. The van der Waals surface area contributed by atoms with E-state index >= 15 is 0 Å². The van der Waals surface area contributed by atoms with Crippen LogP contribution >= 0.6 is 0 Å². The quantitative estimate of drug-likeness (QED) is 0.481. The van der Waals surface area contributed by atoms with Crippen LogP contribution in [0.5, 0.6) is 0 Å². The Morgan fingerprint density at radius 3 is 1.87 bits per heavy atom. The predicted octanol–water partition coefficient (Wildman–Crippen LogP) is 1.23. The monoisotopic (exact) mass is 233 g/mol. The van der Waals surface area contributed by atoms with E-state index in [0.29, 0.717) is 11.6 Å². The van der Waals surface area contributed by atoms with Crippen LogP contribution in [0.1, 0.15) is 40.5 Å². The second-order valence-corrected chi connectivity index (χ2v) is 6.40. The summed E-state index contributed by atoms with van der Waals surface area (Å²) in [5, 5.41) is 0. The third-order valence-corrected chi connectivity index (χ3v) is 4.68. The van der Waals surface area contributed by atoms with Crippen molar-refractivity contribution in [2.45, 2.75) is 52.1 Å². The molecule has 0 aliphatic carbocycles. The molecule has 0 radical (unpaired) electrons. The van der Waals surface area contributed by atoms with E-state index in [-0.39, 0.29) is 5.91 Å². The summed E-state index contributed by atoms with van der Waals surface area (Å²) in [4.78, 5) is 0. The van der Waals surface area contributed by atoms with Crippen LogP contribution in [-0.2, 0) is 9.47 Å². The Labute approximate surface area is 96.5 Å². The zero-order valence-corrected chi connectivity index (χ0v) is 12.1. The van der Waals surface area contributed by atoms with Gasteiger partial charge in [0.1, 0.15) is 15.4 Å². The number of ether oxygens (including phenoxy) is 2. The van der Waals surface area contributed by atoms with E-state index in [1.807, 2.05) is 0 Å². The zero-order valence-electron chi connectivity index (χ0n) is 10.7. The van der Waals surface area contributed by atoms with Crippen LogP contribution in [0.15, 0.2) is 0 Å². The number of hydrogen-bond acceptors (Lipinski definition) is 3. The Morgan fingerprint density at radius 2 is 1.53 bits per heavy atom. The van der Waals surface area contributed by atoms with Gasteiger partial charge in [-0.15, -0.1) is 0 Å². The summed E-state index contributed by atoms with van der Waals surface area (Å²) in [5.41, 5.74) is 6.36. The molecule has 0 saturated carbocycles. The third kappa shape index (κ3) is 7.96. The summed E-state index contributed by atoms with van der Waals surface area (Å²) in [6.45, 7) is 10.1. The van der Waals surface area contributed by atoms with Crippen molar-refractivity contribution in [3.8, 4) is 0 Å². The highest BCUT2D eigenvalue weighted by Crippen LogP contribution is 2.03. The SMILES string of the molecule is CCCOC(OCCC)[SiH2]C(N)C(C)C. The van der Waals surface area contributed by atoms with Crippen molar-refractivity contribution in [3.05, 3.63) is 0 Å². The largest absolute Gasteiger partial charge is 0.357 e. The summed E-state index contributed by atoms with van der Waals surface area (Å²) in [5.74, 6) is 0.553. The van der Waals surface area contributed by atoms with Crippen molar-refractivity contribution in [3.63, 3.8) is 0 Å². The summed E-state index contributed by atoms with van der Waals surface area (Å²) >= 11 is 0. The molecule has 2 N–H and O–H groups in total. The van der Waals surface area contributed by atoms with E-state index in [0.717, 1.165) is 26.1 Å². The van der Waals surface area contributed by atoms with E-state index in [9.17, 15) is 0 Å². The Balaban J connectivity index is 3.87. The lowest BCUT2D eigenvalue weighted by Gasteiger charge is -2.23. The van der Waals surface area contributed by atoms with Crippen molar-refractivity contribution in [2.75, 3.05) is 13.2 Å². The molecule has 0 spiro atoms. The van der Waals surface area contributed by atoms with Gasteiger partial charge in [0.2, 0.25) is 0 Å². The second-order valence-electron chi connectivity index (χ2n) is 4.31. The summed E-state index contributed by atoms with van der Waals surface area (Å²) < 4.78 is 11.3. The normalized spacial score (nSPS) is 14.6. The van der Waals surface area contributed by atoms with Gasteiger partial charge < -0.3 is 15.2 Å². The molecule has 15 heavy (non-hydrogen) atoms. The van der Waals surface area contributed by atoms with Crippen LogP contribution in [-0.4, -0.2) is 34.3 Å². The predicted molar refractivity (Wildman–Crippen MR) is 67.6 cm³/mol. The molecule has 0 heterocycles. The summed E-state index contributed by atoms with van der Waals surface area (Å²) in [7, 11) is -0.505. The molecule has 0 aromatic carbocycles. The van der Waals surface area contributed by atoms with Crippen molar-refractivity contribution >= 4 is 9.52 Å². The average Bonchev–Trinajstić information content (AvgIpc) is 2.21. The van der Waals surface area contributed by atoms with Crippen LogP contribution in [0, 0.1) is 5.92 Å². The molecule has 92 valence electrons. The van der Waals surface area contributed by atoms with E-state index in [1.54, 1.807) is 0 Å². The van der Waals surface area contributed by atoms with E-state index in [1.165, 1.54) is 0 Å². The lowest BCUT2D eigenvalue weighted by atomic mass is 10.2. The minimum Gasteiger partial charge on any atom is -0.357 e. The van der Waals surface area contributed by atoms with E-state index in [2.05, 4.69) is 27.7 Å². The standard InChI is InChI=1S/C11H27NO2Si/c1-5-7-13-11(14-8-6-2)15-10(12)9(3)4/h9-11H,5-8,12,15H2,1-4H3. The molecular weight excluding hydrogens is 206 g/mol. The van der Waals surface area contributed by atoms with Gasteiger partial charge >= 0.3 is 0 Å². The van der Waals surface area contributed by atoms with Crippen LogP contribution in [0.3, 0.4) is 0 Å². The van der Waals surface area contributed by atoms with Crippen molar-refractivity contribution in [1.29, 1.82) is 0 Å². The molecule has 0 aliphatic rings. The molecule has 1 unspecified atom stereocenters. The molecule has 0 amide bonds. The molecule has 0 aliphatic heterocycles. The van der Waals surface area contributed by atoms with Crippen molar-refractivity contribution in [1.82, 2.24) is 0 Å². The molecule has 0 rings (SSSR count). The number of rotatable bonds is 9. The minimum absolute atomic E-state index is 0.0160. The first-order valence-corrected chi connectivity index (χ1v) is 7.73.